The molecule has 0 amide bonds. The topological polar surface area (TPSA) is 81.3 Å². The molecule has 0 saturated carbocycles. The normalized spacial score (nSPS) is 10.1. The van der Waals surface area contributed by atoms with Crippen LogP contribution >= 0.6 is 0 Å². The maximum atomic E-state index is 11.8. The molecule has 0 spiro atoms. The Balaban J connectivity index is 2.38. The van der Waals surface area contributed by atoms with Crippen molar-refractivity contribution in [3.8, 4) is 0 Å². The fraction of sp³-hybridized carbons (Fsp3) is 0.214. The number of carbonyl (C=O) groups excluding carboxylic acids is 1. The largest absolute Gasteiger partial charge is 0.462 e. The third-order valence-corrected chi connectivity index (χ3v) is 2.82. The van der Waals surface area contributed by atoms with Crippen LogP contribution in [0.5, 0.6) is 0 Å². The van der Waals surface area contributed by atoms with E-state index in [1.165, 1.54) is 6.20 Å². The number of ether oxygens (including phenoxy) is 1. The van der Waals surface area contributed by atoms with Gasteiger partial charge in [0.25, 0.3) is 0 Å². The Kier molecular flexibility index (Phi) is 4.14. The maximum absolute atomic E-state index is 11.8. The van der Waals surface area contributed by atoms with E-state index in [0.717, 1.165) is 5.69 Å². The summed E-state index contributed by atoms with van der Waals surface area (Å²) in [7, 11) is 1.81. The number of rotatable bonds is 4. The fourth-order valence-electron chi connectivity index (χ4n) is 1.79. The fourth-order valence-corrected chi connectivity index (χ4v) is 1.79. The van der Waals surface area contributed by atoms with Crippen molar-refractivity contribution in [1.82, 2.24) is 9.97 Å². The molecular formula is C14H16N4O2. The third kappa shape index (κ3) is 2.69. The van der Waals surface area contributed by atoms with Gasteiger partial charge in [0.15, 0.2) is 5.82 Å². The van der Waals surface area contributed by atoms with Crippen LogP contribution in [0.4, 0.5) is 17.2 Å². The number of hydrogen-bond donors (Lipinski definition) is 1. The van der Waals surface area contributed by atoms with Crippen molar-refractivity contribution in [3.63, 3.8) is 0 Å². The SMILES string of the molecule is CCOC(=O)c1ccnc(N(C)c2cccnc2)c1N. The summed E-state index contributed by atoms with van der Waals surface area (Å²) < 4.78 is 4.97. The summed E-state index contributed by atoms with van der Waals surface area (Å²) >= 11 is 0. The standard InChI is InChI=1S/C14H16N4O2/c1-3-20-14(19)11-6-8-17-13(12(11)15)18(2)10-5-4-7-16-9-10/h4-9H,3,15H2,1-2H3. The van der Waals surface area contributed by atoms with Crippen molar-refractivity contribution in [1.29, 1.82) is 0 Å². The Hall–Kier alpha value is -2.63. The summed E-state index contributed by atoms with van der Waals surface area (Å²) in [4.78, 5) is 21.9. The van der Waals surface area contributed by atoms with E-state index in [1.54, 1.807) is 30.3 Å². The minimum Gasteiger partial charge on any atom is -0.462 e. The smallest absolute Gasteiger partial charge is 0.340 e. The Morgan fingerprint density at radius 3 is 2.85 bits per heavy atom. The van der Waals surface area contributed by atoms with Crippen molar-refractivity contribution in [2.75, 3.05) is 24.3 Å². The number of hydrogen-bond acceptors (Lipinski definition) is 6. The second-order valence-corrected chi connectivity index (χ2v) is 4.09. The number of nitrogens with zero attached hydrogens (tertiary/aromatic N) is 3. The van der Waals surface area contributed by atoms with Crippen LogP contribution in [0.1, 0.15) is 17.3 Å². The molecule has 0 bridgehead atoms. The molecule has 0 aliphatic heterocycles. The first-order chi connectivity index (χ1) is 9.65. The van der Waals surface area contributed by atoms with Gasteiger partial charge in [-0.15, -0.1) is 0 Å². The van der Waals surface area contributed by atoms with E-state index < -0.39 is 5.97 Å². The van der Waals surface area contributed by atoms with Gasteiger partial charge in [0, 0.05) is 19.4 Å². The molecule has 2 aromatic heterocycles. The van der Waals surface area contributed by atoms with Crippen molar-refractivity contribution in [2.24, 2.45) is 0 Å². The Morgan fingerprint density at radius 2 is 2.20 bits per heavy atom. The lowest BCUT2D eigenvalue weighted by molar-refractivity contribution is 0.0527. The molecule has 104 valence electrons. The first kappa shape index (κ1) is 13.8. The van der Waals surface area contributed by atoms with Gasteiger partial charge in [-0.2, -0.15) is 0 Å². The average molecular weight is 272 g/mol. The van der Waals surface area contributed by atoms with E-state index in [1.807, 2.05) is 19.2 Å². The van der Waals surface area contributed by atoms with Crippen LogP contribution in [0.25, 0.3) is 0 Å². The quantitative estimate of drug-likeness (QED) is 0.857. The van der Waals surface area contributed by atoms with E-state index in [0.29, 0.717) is 18.0 Å². The highest BCUT2D eigenvalue weighted by Crippen LogP contribution is 2.28. The Morgan fingerprint density at radius 1 is 1.40 bits per heavy atom. The summed E-state index contributed by atoms with van der Waals surface area (Å²) in [6.07, 6.45) is 4.91. The molecule has 0 aliphatic rings. The zero-order chi connectivity index (χ0) is 14.5. The minimum atomic E-state index is -0.451. The summed E-state index contributed by atoms with van der Waals surface area (Å²) in [5, 5.41) is 0. The van der Waals surface area contributed by atoms with Crippen molar-refractivity contribution >= 4 is 23.2 Å². The molecule has 0 unspecified atom stereocenters. The molecule has 2 rings (SSSR count). The summed E-state index contributed by atoms with van der Waals surface area (Å²) in [5.41, 5.74) is 7.46. The molecule has 2 heterocycles. The second-order valence-electron chi connectivity index (χ2n) is 4.09. The van der Waals surface area contributed by atoms with Gasteiger partial charge in [0.1, 0.15) is 0 Å². The number of anilines is 3. The molecule has 20 heavy (non-hydrogen) atoms. The molecule has 0 radical (unpaired) electrons. The summed E-state index contributed by atoms with van der Waals surface area (Å²) in [6, 6.07) is 5.25. The summed E-state index contributed by atoms with van der Waals surface area (Å²) in [5.74, 6) is 0.0387. The van der Waals surface area contributed by atoms with Gasteiger partial charge in [-0.05, 0) is 25.1 Å². The van der Waals surface area contributed by atoms with Gasteiger partial charge in [-0.3, -0.25) is 4.98 Å². The van der Waals surface area contributed by atoms with Gasteiger partial charge in [-0.1, -0.05) is 0 Å². The number of nitrogens with two attached hydrogens (primary N) is 1. The van der Waals surface area contributed by atoms with Crippen molar-refractivity contribution in [3.05, 3.63) is 42.4 Å². The molecule has 6 heteroatoms. The van der Waals surface area contributed by atoms with E-state index >= 15 is 0 Å². The minimum absolute atomic E-state index is 0.289. The van der Waals surface area contributed by atoms with Crippen molar-refractivity contribution < 1.29 is 9.53 Å². The lowest BCUT2D eigenvalue weighted by Crippen LogP contribution is -2.16. The van der Waals surface area contributed by atoms with Crippen molar-refractivity contribution in [2.45, 2.75) is 6.92 Å². The number of aromatic nitrogens is 2. The zero-order valence-electron chi connectivity index (χ0n) is 11.4. The number of pyridine rings is 2. The Bertz CT molecular complexity index is 601. The highest BCUT2D eigenvalue weighted by Gasteiger charge is 2.17. The highest BCUT2D eigenvalue weighted by atomic mass is 16.5. The third-order valence-electron chi connectivity index (χ3n) is 2.82. The van der Waals surface area contributed by atoms with Gasteiger partial charge < -0.3 is 15.4 Å². The molecule has 2 N–H and O–H groups in total. The van der Waals surface area contributed by atoms with Gasteiger partial charge >= 0.3 is 5.97 Å². The molecule has 6 nitrogen and oxygen atoms in total. The molecule has 2 aromatic rings. The predicted octanol–water partition coefficient (Wildman–Crippen LogP) is 2.00. The van der Waals surface area contributed by atoms with Crippen LogP contribution in [0.15, 0.2) is 36.8 Å². The van der Waals surface area contributed by atoms with E-state index in [4.69, 9.17) is 10.5 Å². The van der Waals surface area contributed by atoms with Crippen LogP contribution < -0.4 is 10.6 Å². The van der Waals surface area contributed by atoms with E-state index in [9.17, 15) is 4.79 Å². The number of carbonyl (C=O) groups is 1. The molecule has 0 atom stereocenters. The number of esters is 1. The molecule has 0 aliphatic carbocycles. The van der Waals surface area contributed by atoms with Crippen LogP contribution in [0.2, 0.25) is 0 Å². The van der Waals surface area contributed by atoms with Crippen LogP contribution in [-0.4, -0.2) is 29.6 Å². The number of nitrogen functional groups attached to an aromatic ring is 1. The lowest BCUT2D eigenvalue weighted by Gasteiger charge is -2.20. The molecule has 0 aromatic carbocycles. The van der Waals surface area contributed by atoms with Gasteiger partial charge in [0.2, 0.25) is 0 Å². The zero-order valence-corrected chi connectivity index (χ0v) is 11.4. The van der Waals surface area contributed by atoms with E-state index in [2.05, 4.69) is 9.97 Å². The van der Waals surface area contributed by atoms with Gasteiger partial charge in [-0.25, -0.2) is 9.78 Å². The average Bonchev–Trinajstić information content (AvgIpc) is 2.48. The second kappa shape index (κ2) is 6.01. The lowest BCUT2D eigenvalue weighted by atomic mass is 10.2. The van der Waals surface area contributed by atoms with Crippen LogP contribution in [0.3, 0.4) is 0 Å². The molecule has 0 fully saturated rings. The Labute approximate surface area is 117 Å². The monoisotopic (exact) mass is 272 g/mol. The highest BCUT2D eigenvalue weighted by molar-refractivity contribution is 5.98. The van der Waals surface area contributed by atoms with E-state index in [-0.39, 0.29) is 5.69 Å². The van der Waals surface area contributed by atoms with Gasteiger partial charge in [0.05, 0.1) is 29.7 Å². The van der Waals surface area contributed by atoms with Crippen LogP contribution in [0, 0.1) is 0 Å². The van der Waals surface area contributed by atoms with Crippen LogP contribution in [-0.2, 0) is 4.74 Å². The summed E-state index contributed by atoms with van der Waals surface area (Å²) in [6.45, 7) is 2.05. The molecule has 0 saturated heterocycles. The maximum Gasteiger partial charge on any atom is 0.340 e. The predicted molar refractivity (Wildman–Crippen MR) is 76.9 cm³/mol. The first-order valence-corrected chi connectivity index (χ1v) is 6.20. The first-order valence-electron chi connectivity index (χ1n) is 6.20. The molecular weight excluding hydrogens is 256 g/mol.